The van der Waals surface area contributed by atoms with E-state index in [1.54, 1.807) is 21.6 Å². The smallest absolute Gasteiger partial charge is 0.274 e. The van der Waals surface area contributed by atoms with Gasteiger partial charge in [-0.05, 0) is 54.6 Å². The molecule has 3 atom stereocenters. The van der Waals surface area contributed by atoms with Crippen LogP contribution in [0.15, 0.2) is 24.4 Å². The van der Waals surface area contributed by atoms with Gasteiger partial charge in [-0.2, -0.15) is 0 Å². The van der Waals surface area contributed by atoms with Gasteiger partial charge in [0, 0.05) is 25.8 Å². The Hall–Kier alpha value is -2.41. The molecule has 4 aliphatic rings. The van der Waals surface area contributed by atoms with Crippen molar-refractivity contribution in [1.29, 1.82) is 0 Å². The van der Waals surface area contributed by atoms with Crippen molar-refractivity contribution in [2.75, 3.05) is 32.8 Å². The molecule has 30 heavy (non-hydrogen) atoms. The normalized spacial score (nSPS) is 27.5. The standard InChI is InChI=1S/C23H30N4O3/c1-23(2)16-7-6-15(17(23)12-16)13-24-21(28)19-4-3-5-20-25-18(14-27(19)20)22(29)26-8-10-30-11-9-26/h3-5,14-17H,6-13H2,1-2H3,(H,24,28)/t15?,16-,17?/m0/s1. The van der Waals surface area contributed by atoms with Gasteiger partial charge in [0.25, 0.3) is 11.8 Å². The van der Waals surface area contributed by atoms with Gasteiger partial charge in [0.2, 0.25) is 0 Å². The summed E-state index contributed by atoms with van der Waals surface area (Å²) in [6, 6.07) is 5.43. The monoisotopic (exact) mass is 410 g/mol. The fourth-order valence-electron chi connectivity index (χ4n) is 5.75. The van der Waals surface area contributed by atoms with Crippen molar-refractivity contribution >= 4 is 17.5 Å². The van der Waals surface area contributed by atoms with Crippen molar-refractivity contribution in [2.45, 2.75) is 33.1 Å². The zero-order valence-electron chi connectivity index (χ0n) is 17.8. The Morgan fingerprint density at radius 2 is 2.03 bits per heavy atom. The Balaban J connectivity index is 1.31. The fraction of sp³-hybridized carbons (Fsp3) is 0.609. The highest BCUT2D eigenvalue weighted by molar-refractivity contribution is 5.95. The minimum absolute atomic E-state index is 0.109. The first-order valence-corrected chi connectivity index (χ1v) is 11.1. The number of nitrogens with one attached hydrogen (secondary N) is 1. The second-order valence-electron chi connectivity index (χ2n) is 9.58. The van der Waals surface area contributed by atoms with Crippen LogP contribution >= 0.6 is 0 Å². The van der Waals surface area contributed by atoms with Crippen LogP contribution in [0.2, 0.25) is 0 Å². The molecule has 0 radical (unpaired) electrons. The predicted octanol–water partition coefficient (Wildman–Crippen LogP) is 2.61. The lowest BCUT2D eigenvalue weighted by Gasteiger charge is -2.60. The molecule has 3 aliphatic carbocycles. The van der Waals surface area contributed by atoms with Crippen molar-refractivity contribution in [3.63, 3.8) is 0 Å². The average Bonchev–Trinajstić information content (AvgIpc) is 3.22. The molecular formula is C23H30N4O3. The molecule has 7 nitrogen and oxygen atoms in total. The van der Waals surface area contributed by atoms with Crippen LogP contribution in [0.25, 0.3) is 5.65 Å². The summed E-state index contributed by atoms with van der Waals surface area (Å²) in [5.41, 5.74) is 1.90. The molecule has 1 saturated heterocycles. The molecule has 3 saturated carbocycles. The third kappa shape index (κ3) is 3.20. The molecule has 2 aromatic rings. The van der Waals surface area contributed by atoms with Gasteiger partial charge in [0.15, 0.2) is 0 Å². The third-order valence-corrected chi connectivity index (χ3v) is 7.77. The van der Waals surface area contributed by atoms with Crippen LogP contribution in [0.1, 0.15) is 54.1 Å². The summed E-state index contributed by atoms with van der Waals surface area (Å²) in [4.78, 5) is 32.0. The van der Waals surface area contributed by atoms with Crippen LogP contribution in [-0.2, 0) is 4.74 Å². The summed E-state index contributed by atoms with van der Waals surface area (Å²) in [6.45, 7) is 7.70. The number of carbonyl (C=O) groups is 2. The van der Waals surface area contributed by atoms with E-state index in [0.717, 1.165) is 5.92 Å². The highest BCUT2D eigenvalue weighted by Gasteiger charge is 2.53. The molecule has 0 spiro atoms. The van der Waals surface area contributed by atoms with Crippen LogP contribution in [0.4, 0.5) is 0 Å². The van der Waals surface area contributed by atoms with Gasteiger partial charge in [0.05, 0.1) is 13.2 Å². The van der Waals surface area contributed by atoms with Gasteiger partial charge in [-0.15, -0.1) is 0 Å². The molecule has 2 amide bonds. The van der Waals surface area contributed by atoms with Crippen LogP contribution in [0.5, 0.6) is 0 Å². The number of ether oxygens (including phenoxy) is 1. The lowest BCUT2D eigenvalue weighted by Crippen LogP contribution is -2.54. The summed E-state index contributed by atoms with van der Waals surface area (Å²) in [7, 11) is 0. The number of imidazole rings is 1. The number of hydrogen-bond acceptors (Lipinski definition) is 4. The van der Waals surface area contributed by atoms with Crippen LogP contribution < -0.4 is 5.32 Å². The van der Waals surface area contributed by atoms with E-state index < -0.39 is 0 Å². The summed E-state index contributed by atoms with van der Waals surface area (Å²) < 4.78 is 7.05. The largest absolute Gasteiger partial charge is 0.378 e. The lowest BCUT2D eigenvalue weighted by atomic mass is 9.45. The van der Waals surface area contributed by atoms with E-state index in [1.807, 2.05) is 12.1 Å². The molecular weight excluding hydrogens is 380 g/mol. The number of fused-ring (bicyclic) bond motifs is 3. The van der Waals surface area contributed by atoms with Gasteiger partial charge in [-0.25, -0.2) is 4.98 Å². The van der Waals surface area contributed by atoms with Crippen LogP contribution in [0.3, 0.4) is 0 Å². The molecule has 3 heterocycles. The van der Waals surface area contributed by atoms with Crippen molar-refractivity contribution in [2.24, 2.45) is 23.2 Å². The number of aromatic nitrogens is 2. The van der Waals surface area contributed by atoms with Gasteiger partial charge in [-0.1, -0.05) is 19.9 Å². The van der Waals surface area contributed by atoms with E-state index >= 15 is 0 Å². The summed E-state index contributed by atoms with van der Waals surface area (Å²) in [5, 5.41) is 3.16. The van der Waals surface area contributed by atoms with E-state index in [2.05, 4.69) is 24.1 Å². The number of carbonyl (C=O) groups excluding carboxylic acids is 2. The molecule has 7 heteroatoms. The molecule has 1 aliphatic heterocycles. The van der Waals surface area contributed by atoms with Crippen molar-refractivity contribution < 1.29 is 14.3 Å². The number of pyridine rings is 1. The molecule has 160 valence electrons. The Labute approximate surface area is 176 Å². The van der Waals surface area contributed by atoms with Gasteiger partial charge >= 0.3 is 0 Å². The van der Waals surface area contributed by atoms with E-state index in [9.17, 15) is 9.59 Å². The minimum Gasteiger partial charge on any atom is -0.378 e. The number of rotatable bonds is 4. The summed E-state index contributed by atoms with van der Waals surface area (Å²) >= 11 is 0. The SMILES string of the molecule is CC1(C)C2C[C@@H]1CCC2CNC(=O)c1cccc2nc(C(=O)N3CCOCC3)cn12. The highest BCUT2D eigenvalue weighted by atomic mass is 16.5. The maximum Gasteiger partial charge on any atom is 0.274 e. The Kier molecular flexibility index (Phi) is 4.81. The third-order valence-electron chi connectivity index (χ3n) is 7.77. The van der Waals surface area contributed by atoms with E-state index in [-0.39, 0.29) is 11.8 Å². The summed E-state index contributed by atoms with van der Waals surface area (Å²) in [5.74, 6) is 1.89. The van der Waals surface area contributed by atoms with Crippen molar-refractivity contribution in [3.8, 4) is 0 Å². The zero-order chi connectivity index (χ0) is 20.9. The number of amides is 2. The minimum atomic E-state index is -0.114. The first-order valence-electron chi connectivity index (χ1n) is 11.1. The predicted molar refractivity (Wildman–Crippen MR) is 112 cm³/mol. The van der Waals surface area contributed by atoms with Crippen molar-refractivity contribution in [3.05, 3.63) is 35.8 Å². The molecule has 1 N–H and O–H groups in total. The molecule has 6 rings (SSSR count). The number of morpholine rings is 1. The zero-order valence-corrected chi connectivity index (χ0v) is 17.8. The Morgan fingerprint density at radius 1 is 1.23 bits per heavy atom. The number of nitrogens with zero attached hydrogens (tertiary/aromatic N) is 3. The molecule has 2 aromatic heterocycles. The van der Waals surface area contributed by atoms with Crippen molar-refractivity contribution in [1.82, 2.24) is 19.6 Å². The van der Waals surface area contributed by atoms with Crippen LogP contribution in [0, 0.1) is 23.2 Å². The molecule has 4 fully saturated rings. The maximum absolute atomic E-state index is 13.0. The summed E-state index contributed by atoms with van der Waals surface area (Å²) in [6.07, 6.45) is 5.46. The van der Waals surface area contributed by atoms with Gasteiger partial charge in [0.1, 0.15) is 17.0 Å². The topological polar surface area (TPSA) is 75.9 Å². The Bertz CT molecular complexity index is 974. The average molecular weight is 411 g/mol. The van der Waals surface area contributed by atoms with Gasteiger partial charge in [-0.3, -0.25) is 14.0 Å². The quantitative estimate of drug-likeness (QED) is 0.841. The first-order chi connectivity index (χ1) is 14.4. The molecule has 2 unspecified atom stereocenters. The van der Waals surface area contributed by atoms with E-state index in [0.29, 0.717) is 67.1 Å². The Morgan fingerprint density at radius 3 is 2.77 bits per heavy atom. The van der Waals surface area contributed by atoms with Gasteiger partial charge < -0.3 is 15.0 Å². The van der Waals surface area contributed by atoms with E-state index in [1.165, 1.54) is 19.3 Å². The highest BCUT2D eigenvalue weighted by Crippen LogP contribution is 2.61. The second-order valence-corrected chi connectivity index (χ2v) is 9.58. The first kappa shape index (κ1) is 19.5. The number of hydrogen-bond donors (Lipinski definition) is 1. The van der Waals surface area contributed by atoms with Crippen LogP contribution in [-0.4, -0.2) is 58.9 Å². The molecule has 2 bridgehead atoms. The fourth-order valence-corrected chi connectivity index (χ4v) is 5.75. The lowest BCUT2D eigenvalue weighted by molar-refractivity contribution is -0.103. The second kappa shape index (κ2) is 7.38. The maximum atomic E-state index is 13.0. The molecule has 0 aromatic carbocycles. The van der Waals surface area contributed by atoms with E-state index in [4.69, 9.17) is 4.74 Å².